The summed E-state index contributed by atoms with van der Waals surface area (Å²) in [4.78, 5) is 6.30. The van der Waals surface area contributed by atoms with Crippen LogP contribution in [0.3, 0.4) is 0 Å². The van der Waals surface area contributed by atoms with Crippen molar-refractivity contribution < 1.29 is 4.39 Å². The molecular weight excluding hydrogens is 284 g/mol. The molecule has 1 aliphatic heterocycles. The average Bonchev–Trinajstić information content (AvgIpc) is 2.27. The van der Waals surface area contributed by atoms with Gasteiger partial charge in [0.25, 0.3) is 6.71 Å². The standard InChI is InChI=1S/C11H12BBrFN3/c1-8-6-17(3-2-12(8)7-15)11-5-9(14)4-10(13)16-11/h4-5,8H,2-3,6H2,1H3. The molecule has 6 heteroatoms. The van der Waals surface area contributed by atoms with Crippen molar-refractivity contribution in [1.82, 2.24) is 4.98 Å². The predicted molar refractivity (Wildman–Crippen MR) is 69.7 cm³/mol. The van der Waals surface area contributed by atoms with Gasteiger partial charge in [0.1, 0.15) is 16.2 Å². The summed E-state index contributed by atoms with van der Waals surface area (Å²) in [5.74, 6) is 2.95. The fraction of sp³-hybridized carbons (Fsp3) is 0.455. The number of halogens is 2. The van der Waals surface area contributed by atoms with E-state index in [1.165, 1.54) is 12.1 Å². The summed E-state index contributed by atoms with van der Waals surface area (Å²) in [6.07, 6.45) is 0.813. The smallest absolute Gasteiger partial charge is 0.274 e. The van der Waals surface area contributed by atoms with Crippen molar-refractivity contribution in [2.45, 2.75) is 19.1 Å². The molecule has 88 valence electrons. The quantitative estimate of drug-likeness (QED) is 0.591. The first kappa shape index (κ1) is 12.4. The van der Waals surface area contributed by atoms with Crippen LogP contribution in [0, 0.1) is 17.0 Å². The molecule has 0 aliphatic carbocycles. The van der Waals surface area contributed by atoms with E-state index in [9.17, 15) is 4.39 Å². The van der Waals surface area contributed by atoms with Crippen LogP contribution in [0.2, 0.25) is 12.1 Å². The summed E-state index contributed by atoms with van der Waals surface area (Å²) in [7, 11) is 0. The SMILES string of the molecule is CC1CN(c2cc(F)cc(Br)n2)CCB1C#N. The Kier molecular flexibility index (Phi) is 3.68. The maximum Gasteiger partial charge on any atom is 0.274 e. The highest BCUT2D eigenvalue weighted by Crippen LogP contribution is 2.26. The molecule has 1 aliphatic rings. The molecule has 0 N–H and O–H groups in total. The Balaban J connectivity index is 2.17. The van der Waals surface area contributed by atoms with E-state index in [0.717, 1.165) is 19.4 Å². The number of aromatic nitrogens is 1. The lowest BCUT2D eigenvalue weighted by Gasteiger charge is -2.33. The van der Waals surface area contributed by atoms with Crippen molar-refractivity contribution in [3.63, 3.8) is 0 Å². The molecule has 1 fully saturated rings. The number of hydrogen-bond acceptors (Lipinski definition) is 3. The van der Waals surface area contributed by atoms with Gasteiger partial charge in [0.15, 0.2) is 0 Å². The molecule has 2 rings (SSSR count). The van der Waals surface area contributed by atoms with Crippen LogP contribution in [0.1, 0.15) is 6.92 Å². The summed E-state index contributed by atoms with van der Waals surface area (Å²) in [6, 6.07) is 2.78. The highest BCUT2D eigenvalue weighted by molar-refractivity contribution is 9.10. The second kappa shape index (κ2) is 5.05. The van der Waals surface area contributed by atoms with Gasteiger partial charge in [-0.3, -0.25) is 0 Å². The topological polar surface area (TPSA) is 39.9 Å². The number of pyridine rings is 1. The first-order valence-corrected chi connectivity index (χ1v) is 6.37. The molecule has 2 heterocycles. The normalized spacial score (nSPS) is 20.2. The minimum atomic E-state index is -0.295. The molecule has 0 spiro atoms. The van der Waals surface area contributed by atoms with Gasteiger partial charge in [0, 0.05) is 31.2 Å². The Bertz CT molecular complexity index is 442. The molecule has 17 heavy (non-hydrogen) atoms. The van der Waals surface area contributed by atoms with Crippen LogP contribution in [-0.2, 0) is 0 Å². The van der Waals surface area contributed by atoms with E-state index in [2.05, 4.69) is 26.9 Å². The minimum Gasteiger partial charge on any atom is -0.358 e. The molecule has 3 nitrogen and oxygen atoms in total. The zero-order valence-corrected chi connectivity index (χ0v) is 11.1. The van der Waals surface area contributed by atoms with Gasteiger partial charge in [-0.1, -0.05) is 6.92 Å². The maximum atomic E-state index is 13.3. The molecule has 0 amide bonds. The van der Waals surface area contributed by atoms with E-state index in [0.29, 0.717) is 10.4 Å². The Morgan fingerprint density at radius 3 is 3.00 bits per heavy atom. The lowest BCUT2D eigenvalue weighted by atomic mass is 9.39. The third-order valence-corrected chi connectivity index (χ3v) is 3.55. The molecule has 1 unspecified atom stereocenters. The Morgan fingerprint density at radius 1 is 1.65 bits per heavy atom. The van der Waals surface area contributed by atoms with Crippen LogP contribution in [0.5, 0.6) is 0 Å². The van der Waals surface area contributed by atoms with Crippen LogP contribution in [0.25, 0.3) is 0 Å². The number of rotatable bonds is 1. The fourth-order valence-electron chi connectivity index (χ4n) is 2.16. The van der Waals surface area contributed by atoms with Crippen molar-refractivity contribution in [3.05, 3.63) is 22.6 Å². The number of nitrogens with zero attached hydrogens (tertiary/aromatic N) is 3. The number of nitriles is 1. The van der Waals surface area contributed by atoms with Gasteiger partial charge < -0.3 is 4.90 Å². The zero-order valence-electron chi connectivity index (χ0n) is 9.53. The van der Waals surface area contributed by atoms with Gasteiger partial charge in [-0.05, 0) is 28.1 Å². The van der Waals surface area contributed by atoms with Gasteiger partial charge in [0.05, 0.1) is 0 Å². The van der Waals surface area contributed by atoms with Crippen molar-refractivity contribution in [1.29, 1.82) is 5.26 Å². The van der Waals surface area contributed by atoms with Gasteiger partial charge in [-0.15, -0.1) is 0 Å². The van der Waals surface area contributed by atoms with E-state index in [-0.39, 0.29) is 18.3 Å². The van der Waals surface area contributed by atoms with Crippen molar-refractivity contribution in [2.24, 2.45) is 0 Å². The monoisotopic (exact) mass is 295 g/mol. The Labute approximate surface area is 109 Å². The first-order chi connectivity index (χ1) is 8.10. The summed E-state index contributed by atoms with van der Waals surface area (Å²) in [5, 5.41) is 8.95. The largest absolute Gasteiger partial charge is 0.358 e. The molecule has 1 aromatic heterocycles. The van der Waals surface area contributed by atoms with Crippen LogP contribution in [-0.4, -0.2) is 24.8 Å². The fourth-order valence-corrected chi connectivity index (χ4v) is 2.56. The van der Waals surface area contributed by atoms with Gasteiger partial charge in [0.2, 0.25) is 0 Å². The number of hydrogen-bond donors (Lipinski definition) is 0. The van der Waals surface area contributed by atoms with Crippen molar-refractivity contribution in [3.8, 4) is 5.97 Å². The number of anilines is 1. The van der Waals surface area contributed by atoms with Crippen molar-refractivity contribution in [2.75, 3.05) is 18.0 Å². The Hall–Kier alpha value is -1.09. The van der Waals surface area contributed by atoms with E-state index in [1.54, 1.807) is 0 Å². The summed E-state index contributed by atoms with van der Waals surface area (Å²) >= 11 is 3.19. The summed E-state index contributed by atoms with van der Waals surface area (Å²) < 4.78 is 13.8. The molecule has 0 aromatic carbocycles. The lowest BCUT2D eigenvalue weighted by Crippen LogP contribution is -2.41. The molecule has 1 saturated heterocycles. The predicted octanol–water partition coefficient (Wildman–Crippen LogP) is 2.75. The van der Waals surface area contributed by atoms with Crippen LogP contribution in [0.4, 0.5) is 10.2 Å². The maximum absolute atomic E-state index is 13.3. The van der Waals surface area contributed by atoms with E-state index >= 15 is 0 Å². The van der Waals surface area contributed by atoms with Gasteiger partial charge in [-0.2, -0.15) is 0 Å². The summed E-state index contributed by atoms with van der Waals surface area (Å²) in [6.45, 7) is 3.66. The van der Waals surface area contributed by atoms with Gasteiger partial charge >= 0.3 is 0 Å². The molecule has 1 atom stereocenters. The zero-order chi connectivity index (χ0) is 12.4. The Morgan fingerprint density at radius 2 is 2.41 bits per heavy atom. The van der Waals surface area contributed by atoms with Gasteiger partial charge in [-0.25, -0.2) is 14.6 Å². The molecular formula is C11H12BBrFN3. The highest BCUT2D eigenvalue weighted by atomic mass is 79.9. The van der Waals surface area contributed by atoms with Crippen LogP contribution < -0.4 is 4.90 Å². The summed E-state index contributed by atoms with van der Waals surface area (Å²) in [5.41, 5.74) is 0. The molecule has 0 saturated carbocycles. The van der Waals surface area contributed by atoms with Crippen molar-refractivity contribution >= 4 is 28.5 Å². The lowest BCUT2D eigenvalue weighted by molar-refractivity contribution is 0.620. The highest BCUT2D eigenvalue weighted by Gasteiger charge is 2.30. The van der Waals surface area contributed by atoms with E-state index in [4.69, 9.17) is 5.26 Å². The first-order valence-electron chi connectivity index (χ1n) is 5.58. The molecule has 0 bridgehead atoms. The molecule has 1 aromatic rings. The van der Waals surface area contributed by atoms with Crippen LogP contribution in [0.15, 0.2) is 16.7 Å². The second-order valence-corrected chi connectivity index (χ2v) is 5.23. The minimum absolute atomic E-state index is 0.100. The van der Waals surface area contributed by atoms with E-state index < -0.39 is 0 Å². The average molecular weight is 296 g/mol. The molecule has 0 radical (unpaired) electrons. The third kappa shape index (κ3) is 2.78. The van der Waals surface area contributed by atoms with Crippen LogP contribution >= 0.6 is 15.9 Å². The second-order valence-electron chi connectivity index (χ2n) is 4.41. The third-order valence-electron chi connectivity index (χ3n) is 3.14. The van der Waals surface area contributed by atoms with E-state index in [1.807, 2.05) is 11.8 Å².